The SMILES string of the molecule is Cc1cccc(C2=C(c3ccc(Br)cc3)C(=O)C(c3ccccc3)=C2c2ccc(Oc3ccc(C4=C(c5ccccc5)C(=O)C(c5ccc(Br)cc5)=C4c4cccc(C)c4)cc3)cc2)c1. The second kappa shape index (κ2) is 17.8. The number of aryl methyl sites for hydroxylation is 2. The molecule has 8 aromatic rings. The van der Waals surface area contributed by atoms with Gasteiger partial charge in [-0.2, -0.15) is 0 Å². The van der Waals surface area contributed by atoms with Crippen LogP contribution in [-0.4, -0.2) is 11.6 Å². The number of benzene rings is 8. The number of halogens is 2. The zero-order valence-electron chi connectivity index (χ0n) is 35.6. The number of rotatable bonds is 10. The fourth-order valence-electron chi connectivity index (χ4n) is 9.02. The van der Waals surface area contributed by atoms with Crippen LogP contribution >= 0.6 is 31.9 Å². The van der Waals surface area contributed by atoms with Gasteiger partial charge in [0.15, 0.2) is 11.6 Å². The maximum absolute atomic E-state index is 14.8. The topological polar surface area (TPSA) is 43.4 Å². The van der Waals surface area contributed by atoms with Crippen LogP contribution in [0.4, 0.5) is 0 Å². The molecule has 0 atom stereocenters. The van der Waals surface area contributed by atoms with Crippen LogP contribution in [-0.2, 0) is 9.59 Å². The summed E-state index contributed by atoms with van der Waals surface area (Å²) < 4.78 is 8.43. The van der Waals surface area contributed by atoms with Gasteiger partial charge in [-0.05, 0) is 107 Å². The molecular weight excluding hydrogens is 928 g/mol. The van der Waals surface area contributed by atoms with Crippen LogP contribution in [0.25, 0.3) is 44.6 Å². The molecule has 0 radical (unpaired) electrons. The summed E-state index contributed by atoms with van der Waals surface area (Å²) in [7, 11) is 0. The van der Waals surface area contributed by atoms with Gasteiger partial charge in [-0.3, -0.25) is 9.59 Å². The quantitative estimate of drug-likeness (QED) is 0.137. The van der Waals surface area contributed by atoms with E-state index in [0.29, 0.717) is 33.8 Å². The van der Waals surface area contributed by atoms with Crippen LogP contribution < -0.4 is 4.74 Å². The lowest BCUT2D eigenvalue weighted by Gasteiger charge is -2.16. The van der Waals surface area contributed by atoms with Crippen molar-refractivity contribution in [3.05, 3.63) is 271 Å². The number of carbonyl (C=O) groups is 2. The Morgan fingerprint density at radius 3 is 0.908 bits per heavy atom. The van der Waals surface area contributed by atoms with E-state index in [-0.39, 0.29) is 11.6 Å². The molecule has 0 N–H and O–H groups in total. The summed E-state index contributed by atoms with van der Waals surface area (Å²) in [5.74, 6) is 1.29. The highest BCUT2D eigenvalue weighted by molar-refractivity contribution is 9.10. The molecule has 0 aromatic heterocycles. The van der Waals surface area contributed by atoms with E-state index in [1.807, 2.05) is 170 Å². The van der Waals surface area contributed by atoms with Crippen molar-refractivity contribution in [3.63, 3.8) is 0 Å². The van der Waals surface area contributed by atoms with Crippen LogP contribution in [0.2, 0.25) is 0 Å². The van der Waals surface area contributed by atoms with E-state index in [0.717, 1.165) is 86.9 Å². The zero-order valence-corrected chi connectivity index (χ0v) is 38.8. The van der Waals surface area contributed by atoms with Gasteiger partial charge in [0.25, 0.3) is 0 Å². The molecule has 65 heavy (non-hydrogen) atoms. The Bertz CT molecular complexity index is 3060. The number of Topliss-reactive ketones (excluding diaryl/α,β-unsaturated/α-hetero) is 2. The molecule has 5 heteroatoms. The maximum atomic E-state index is 14.8. The molecule has 2 aliphatic rings. The predicted molar refractivity (Wildman–Crippen MR) is 274 cm³/mol. The highest BCUT2D eigenvalue weighted by Gasteiger charge is 2.37. The molecule has 0 saturated carbocycles. The zero-order chi connectivity index (χ0) is 44.6. The van der Waals surface area contributed by atoms with Crippen LogP contribution in [0.5, 0.6) is 11.5 Å². The normalized spacial score (nSPS) is 14.0. The average Bonchev–Trinajstić information content (AvgIpc) is 3.81. The molecule has 0 bridgehead atoms. The van der Waals surface area contributed by atoms with E-state index in [9.17, 15) is 9.59 Å². The van der Waals surface area contributed by atoms with Crippen molar-refractivity contribution in [2.75, 3.05) is 0 Å². The maximum Gasteiger partial charge on any atom is 0.195 e. The Morgan fingerprint density at radius 1 is 0.292 bits per heavy atom. The summed E-state index contributed by atoms with van der Waals surface area (Å²) in [6.07, 6.45) is 0. The predicted octanol–water partition coefficient (Wildman–Crippen LogP) is 15.8. The van der Waals surface area contributed by atoms with Gasteiger partial charge < -0.3 is 4.74 Å². The molecule has 2 aliphatic carbocycles. The summed E-state index contributed by atoms with van der Waals surface area (Å²) in [5, 5.41) is 0. The lowest BCUT2D eigenvalue weighted by molar-refractivity contribution is -0.109. The van der Waals surface area contributed by atoms with Gasteiger partial charge in [0, 0.05) is 53.5 Å². The third kappa shape index (κ3) is 8.14. The van der Waals surface area contributed by atoms with Crippen molar-refractivity contribution in [3.8, 4) is 11.5 Å². The second-order valence-corrected chi connectivity index (χ2v) is 18.1. The monoisotopic (exact) mass is 966 g/mol. The number of hydrogen-bond donors (Lipinski definition) is 0. The van der Waals surface area contributed by atoms with E-state index >= 15 is 0 Å². The van der Waals surface area contributed by atoms with Gasteiger partial charge in [0.05, 0.1) is 0 Å². The number of ether oxygens (including phenoxy) is 1. The van der Waals surface area contributed by atoms with Crippen molar-refractivity contribution >= 4 is 88.0 Å². The second-order valence-electron chi connectivity index (χ2n) is 16.3. The highest BCUT2D eigenvalue weighted by Crippen LogP contribution is 2.52. The Morgan fingerprint density at radius 2 is 0.569 bits per heavy atom. The van der Waals surface area contributed by atoms with Gasteiger partial charge in [-0.15, -0.1) is 0 Å². The Balaban J connectivity index is 1.04. The first kappa shape index (κ1) is 41.8. The van der Waals surface area contributed by atoms with Gasteiger partial charge in [0.2, 0.25) is 0 Å². The fourth-order valence-corrected chi connectivity index (χ4v) is 9.55. The van der Waals surface area contributed by atoms with Crippen molar-refractivity contribution in [1.29, 1.82) is 0 Å². The van der Waals surface area contributed by atoms with Crippen molar-refractivity contribution < 1.29 is 14.3 Å². The molecule has 0 amide bonds. The minimum atomic E-state index is -0.00990. The van der Waals surface area contributed by atoms with E-state index in [2.05, 4.69) is 82.1 Å². The van der Waals surface area contributed by atoms with Crippen molar-refractivity contribution in [2.24, 2.45) is 0 Å². The fraction of sp³-hybridized carbons (Fsp3) is 0.0333. The summed E-state index contributed by atoms with van der Waals surface area (Å²) in [6, 6.07) is 68.6. The summed E-state index contributed by atoms with van der Waals surface area (Å²) >= 11 is 7.17. The molecule has 0 saturated heterocycles. The molecule has 0 fully saturated rings. The summed E-state index contributed by atoms with van der Waals surface area (Å²) in [4.78, 5) is 29.7. The van der Waals surface area contributed by atoms with Crippen LogP contribution in [0.1, 0.15) is 55.6 Å². The van der Waals surface area contributed by atoms with E-state index in [1.54, 1.807) is 0 Å². The molecule has 10 rings (SSSR count). The third-order valence-corrected chi connectivity index (χ3v) is 13.0. The molecular formula is C60H40Br2O3. The number of hydrogen-bond acceptors (Lipinski definition) is 3. The first-order valence-corrected chi connectivity index (χ1v) is 23.0. The van der Waals surface area contributed by atoms with Gasteiger partial charge in [-0.1, -0.05) is 201 Å². The number of carbonyl (C=O) groups excluding carboxylic acids is 2. The first-order chi connectivity index (χ1) is 31.7. The molecule has 0 aliphatic heterocycles. The standard InChI is InChI=1S/C60H40Br2O3/c1-37-11-9-17-45(35-37)53-51(55(39-13-5-3-6-14-39)59(63)57(53)43-19-27-47(61)28-20-43)41-23-31-49(32-24-41)65-50-33-25-42(26-34-50)52-54(46-18-10-12-38(2)36-46)58(44-21-29-48(62)30-22-44)60(64)56(52)40-15-7-4-8-16-40/h3-36H,1-2H3. The number of allylic oxidation sites excluding steroid dienone is 8. The molecule has 0 unspecified atom stereocenters. The molecule has 312 valence electrons. The van der Waals surface area contributed by atoms with Crippen LogP contribution in [0, 0.1) is 13.8 Å². The summed E-state index contributed by atoms with van der Waals surface area (Å²) in [6.45, 7) is 4.15. The lowest BCUT2D eigenvalue weighted by atomic mass is 9.88. The average molecular weight is 969 g/mol. The molecule has 0 spiro atoms. The lowest BCUT2D eigenvalue weighted by Crippen LogP contribution is -2.02. The summed E-state index contributed by atoms with van der Waals surface area (Å²) in [5.41, 5.74) is 15.7. The van der Waals surface area contributed by atoms with Crippen LogP contribution in [0.3, 0.4) is 0 Å². The Hall–Kier alpha value is -7.18. The van der Waals surface area contributed by atoms with Crippen molar-refractivity contribution in [1.82, 2.24) is 0 Å². The Kier molecular flexibility index (Phi) is 11.4. The van der Waals surface area contributed by atoms with E-state index in [4.69, 9.17) is 4.74 Å². The van der Waals surface area contributed by atoms with Gasteiger partial charge in [0.1, 0.15) is 11.5 Å². The number of ketones is 2. The third-order valence-electron chi connectivity index (χ3n) is 11.9. The van der Waals surface area contributed by atoms with Gasteiger partial charge in [-0.25, -0.2) is 0 Å². The minimum Gasteiger partial charge on any atom is -0.457 e. The van der Waals surface area contributed by atoms with Crippen molar-refractivity contribution in [2.45, 2.75) is 13.8 Å². The van der Waals surface area contributed by atoms with E-state index < -0.39 is 0 Å². The smallest absolute Gasteiger partial charge is 0.195 e. The molecule has 8 aromatic carbocycles. The first-order valence-electron chi connectivity index (χ1n) is 21.4. The van der Waals surface area contributed by atoms with Crippen LogP contribution in [0.15, 0.2) is 215 Å². The largest absolute Gasteiger partial charge is 0.457 e. The Labute approximate surface area is 396 Å². The van der Waals surface area contributed by atoms with E-state index in [1.165, 1.54) is 0 Å². The minimum absolute atomic E-state index is 0.00990. The molecule has 3 nitrogen and oxygen atoms in total. The molecule has 0 heterocycles. The van der Waals surface area contributed by atoms with Gasteiger partial charge >= 0.3 is 0 Å². The highest BCUT2D eigenvalue weighted by atomic mass is 79.9.